The van der Waals surface area contributed by atoms with Gasteiger partial charge in [0, 0.05) is 19.0 Å². The zero-order valence-electron chi connectivity index (χ0n) is 12.3. The third-order valence-corrected chi connectivity index (χ3v) is 3.30. The van der Waals surface area contributed by atoms with Gasteiger partial charge in [0.25, 0.3) is 0 Å². The molecule has 0 bridgehead atoms. The number of aromatic nitrogens is 2. The van der Waals surface area contributed by atoms with Crippen molar-refractivity contribution in [2.45, 2.75) is 59.0 Å². The average molecular weight is 268 g/mol. The van der Waals surface area contributed by atoms with Crippen molar-refractivity contribution in [2.75, 3.05) is 7.05 Å². The van der Waals surface area contributed by atoms with Crippen molar-refractivity contribution in [2.24, 2.45) is 0 Å². The first-order valence-corrected chi connectivity index (χ1v) is 6.93. The fraction of sp³-hybridized carbons (Fsp3) is 0.769. The Balaban J connectivity index is 3.09. The van der Waals surface area contributed by atoms with Crippen LogP contribution < -0.4 is 5.32 Å². The van der Waals surface area contributed by atoms with E-state index in [0.29, 0.717) is 12.1 Å². The smallest absolute Gasteiger partial charge is 0.313 e. The number of hydrogen-bond acceptors (Lipinski definition) is 4. The summed E-state index contributed by atoms with van der Waals surface area (Å²) in [6.45, 7) is 6.61. The molecule has 0 spiro atoms. The van der Waals surface area contributed by atoms with Crippen molar-refractivity contribution in [1.82, 2.24) is 15.1 Å². The van der Waals surface area contributed by atoms with Gasteiger partial charge < -0.3 is 5.32 Å². The summed E-state index contributed by atoms with van der Waals surface area (Å²) in [5.41, 5.74) is 1.45. The highest BCUT2D eigenvalue weighted by molar-refractivity contribution is 5.41. The lowest BCUT2D eigenvalue weighted by molar-refractivity contribution is -0.386. The van der Waals surface area contributed by atoms with Crippen LogP contribution in [0.25, 0.3) is 0 Å². The molecule has 1 heterocycles. The SMILES string of the molecule is CCCC(Cc1c([N+](=O)[O-])c(C)nn1CCC)NC. The van der Waals surface area contributed by atoms with Crippen molar-refractivity contribution in [3.05, 3.63) is 21.5 Å². The highest BCUT2D eigenvalue weighted by Gasteiger charge is 2.26. The molecule has 0 aliphatic rings. The Hall–Kier alpha value is -1.43. The van der Waals surface area contributed by atoms with Crippen molar-refractivity contribution >= 4 is 5.69 Å². The number of rotatable bonds is 8. The second-order valence-electron chi connectivity index (χ2n) is 4.84. The fourth-order valence-corrected chi connectivity index (χ4v) is 2.39. The summed E-state index contributed by atoms with van der Waals surface area (Å²) >= 11 is 0. The van der Waals surface area contributed by atoms with Crippen LogP contribution in [-0.4, -0.2) is 27.8 Å². The summed E-state index contributed by atoms with van der Waals surface area (Å²) in [6, 6.07) is 0.260. The van der Waals surface area contributed by atoms with Gasteiger partial charge >= 0.3 is 5.69 Å². The standard InChI is InChI=1S/C13H24N4O2/c1-5-7-11(14-4)9-12-13(17(18)19)10(3)15-16(12)8-6-2/h11,14H,5-9H2,1-4H3. The van der Waals surface area contributed by atoms with E-state index in [1.54, 1.807) is 11.6 Å². The van der Waals surface area contributed by atoms with Crippen molar-refractivity contribution in [3.8, 4) is 0 Å². The van der Waals surface area contributed by atoms with Crippen LogP contribution in [0, 0.1) is 17.0 Å². The molecule has 0 aliphatic heterocycles. The van der Waals surface area contributed by atoms with E-state index in [9.17, 15) is 10.1 Å². The molecule has 0 aromatic carbocycles. The van der Waals surface area contributed by atoms with Crippen LogP contribution in [0.1, 0.15) is 44.5 Å². The number of hydrogen-bond donors (Lipinski definition) is 1. The minimum absolute atomic E-state index is 0.185. The molecule has 0 amide bonds. The van der Waals surface area contributed by atoms with Gasteiger partial charge in [-0.25, -0.2) is 0 Å². The minimum Gasteiger partial charge on any atom is -0.317 e. The first-order chi connectivity index (χ1) is 9.04. The molecule has 1 rings (SSSR count). The van der Waals surface area contributed by atoms with Gasteiger partial charge in [-0.15, -0.1) is 0 Å². The highest BCUT2D eigenvalue weighted by atomic mass is 16.6. The Bertz CT molecular complexity index is 429. The Morgan fingerprint density at radius 1 is 1.42 bits per heavy atom. The molecule has 0 saturated carbocycles. The number of nitro groups is 1. The molecule has 6 nitrogen and oxygen atoms in total. The van der Waals surface area contributed by atoms with Crippen LogP contribution in [0.5, 0.6) is 0 Å². The van der Waals surface area contributed by atoms with E-state index in [0.717, 1.165) is 31.5 Å². The number of aryl methyl sites for hydroxylation is 2. The van der Waals surface area contributed by atoms with Crippen LogP contribution in [-0.2, 0) is 13.0 Å². The molecule has 1 unspecified atom stereocenters. The van der Waals surface area contributed by atoms with E-state index >= 15 is 0 Å². The Morgan fingerprint density at radius 3 is 2.58 bits per heavy atom. The summed E-state index contributed by atoms with van der Waals surface area (Å²) in [5, 5.41) is 18.8. The molecule has 0 saturated heterocycles. The van der Waals surface area contributed by atoms with Gasteiger partial charge in [-0.1, -0.05) is 20.3 Å². The number of nitrogens with one attached hydrogen (secondary N) is 1. The normalized spacial score (nSPS) is 12.6. The molecule has 19 heavy (non-hydrogen) atoms. The molecule has 1 aromatic rings. The van der Waals surface area contributed by atoms with E-state index in [2.05, 4.69) is 17.3 Å². The van der Waals surface area contributed by atoms with Crippen molar-refractivity contribution in [3.63, 3.8) is 0 Å². The number of likely N-dealkylation sites (N-methyl/N-ethyl adjacent to an activating group) is 1. The van der Waals surface area contributed by atoms with E-state index < -0.39 is 0 Å². The second kappa shape index (κ2) is 7.23. The van der Waals surface area contributed by atoms with Crippen molar-refractivity contribution < 1.29 is 4.92 Å². The van der Waals surface area contributed by atoms with Crippen LogP contribution in [0.3, 0.4) is 0 Å². The molecule has 108 valence electrons. The van der Waals surface area contributed by atoms with Gasteiger partial charge in [0.15, 0.2) is 0 Å². The summed E-state index contributed by atoms with van der Waals surface area (Å²) in [6.07, 6.45) is 3.63. The van der Waals surface area contributed by atoms with Gasteiger partial charge in [-0.2, -0.15) is 5.10 Å². The first-order valence-electron chi connectivity index (χ1n) is 6.93. The molecular formula is C13H24N4O2. The first kappa shape index (κ1) is 15.6. The zero-order chi connectivity index (χ0) is 14.4. The maximum atomic E-state index is 11.2. The van der Waals surface area contributed by atoms with E-state index in [1.807, 2.05) is 14.0 Å². The molecule has 0 fully saturated rings. The monoisotopic (exact) mass is 268 g/mol. The molecule has 0 radical (unpaired) electrons. The third kappa shape index (κ3) is 3.76. The van der Waals surface area contributed by atoms with Crippen LogP contribution in [0.4, 0.5) is 5.69 Å². The minimum atomic E-state index is -0.303. The second-order valence-corrected chi connectivity index (χ2v) is 4.84. The summed E-state index contributed by atoms with van der Waals surface area (Å²) in [7, 11) is 1.90. The Labute approximate surface area is 114 Å². The topological polar surface area (TPSA) is 73.0 Å². The molecular weight excluding hydrogens is 244 g/mol. The quantitative estimate of drug-likeness (QED) is 0.580. The van der Waals surface area contributed by atoms with Gasteiger partial charge in [0.05, 0.1) is 4.92 Å². The molecule has 6 heteroatoms. The Kier molecular flexibility index (Phi) is 5.95. The largest absolute Gasteiger partial charge is 0.317 e. The fourth-order valence-electron chi connectivity index (χ4n) is 2.39. The van der Waals surface area contributed by atoms with Crippen LogP contribution >= 0.6 is 0 Å². The molecule has 1 atom stereocenters. The lowest BCUT2D eigenvalue weighted by Crippen LogP contribution is -2.28. The van der Waals surface area contributed by atoms with Crippen molar-refractivity contribution in [1.29, 1.82) is 0 Å². The van der Waals surface area contributed by atoms with Crippen LogP contribution in [0.2, 0.25) is 0 Å². The molecule has 1 aromatic heterocycles. The predicted octanol–water partition coefficient (Wildman–Crippen LogP) is 2.44. The van der Waals surface area contributed by atoms with E-state index in [1.165, 1.54) is 0 Å². The number of nitrogens with zero attached hydrogens (tertiary/aromatic N) is 3. The maximum absolute atomic E-state index is 11.2. The van der Waals surface area contributed by atoms with Gasteiger partial charge in [-0.05, 0) is 26.8 Å². The third-order valence-electron chi connectivity index (χ3n) is 3.30. The Morgan fingerprint density at radius 2 is 2.11 bits per heavy atom. The molecule has 1 N–H and O–H groups in total. The summed E-state index contributed by atoms with van der Waals surface area (Å²) in [5.74, 6) is 0. The summed E-state index contributed by atoms with van der Waals surface area (Å²) in [4.78, 5) is 10.9. The van der Waals surface area contributed by atoms with Gasteiger partial charge in [0.1, 0.15) is 11.4 Å². The van der Waals surface area contributed by atoms with E-state index in [-0.39, 0.29) is 16.7 Å². The molecule has 0 aliphatic carbocycles. The van der Waals surface area contributed by atoms with E-state index in [4.69, 9.17) is 0 Å². The van der Waals surface area contributed by atoms with Gasteiger partial charge in [0.2, 0.25) is 0 Å². The lowest BCUT2D eigenvalue weighted by atomic mass is 10.1. The highest BCUT2D eigenvalue weighted by Crippen LogP contribution is 2.25. The zero-order valence-corrected chi connectivity index (χ0v) is 12.3. The van der Waals surface area contributed by atoms with Crippen LogP contribution in [0.15, 0.2) is 0 Å². The maximum Gasteiger partial charge on any atom is 0.313 e. The average Bonchev–Trinajstić information content (AvgIpc) is 2.65. The lowest BCUT2D eigenvalue weighted by Gasteiger charge is -2.15. The predicted molar refractivity (Wildman–Crippen MR) is 75.4 cm³/mol. The summed E-state index contributed by atoms with van der Waals surface area (Å²) < 4.78 is 1.80. The van der Waals surface area contributed by atoms with Gasteiger partial charge in [-0.3, -0.25) is 14.8 Å².